The number of anilines is 1. The Morgan fingerprint density at radius 1 is 1.21 bits per heavy atom. The van der Waals surface area contributed by atoms with E-state index in [4.69, 9.17) is 0 Å². The van der Waals surface area contributed by atoms with Gasteiger partial charge in [0.15, 0.2) is 4.96 Å². The molecule has 0 aliphatic carbocycles. The van der Waals surface area contributed by atoms with Gasteiger partial charge in [0, 0.05) is 33.9 Å². The lowest BCUT2D eigenvalue weighted by molar-refractivity contribution is 0.103. The predicted molar refractivity (Wildman–Crippen MR) is 100 cm³/mol. The Kier molecular flexibility index (Phi) is 3.70. The smallest absolute Gasteiger partial charge is 0.265 e. The van der Waals surface area contributed by atoms with Crippen LogP contribution in [0.15, 0.2) is 48.1 Å². The summed E-state index contributed by atoms with van der Waals surface area (Å²) in [5.74, 6) is -0.0635. The molecule has 0 aliphatic heterocycles. The molecule has 1 aromatic carbocycles. The van der Waals surface area contributed by atoms with Gasteiger partial charge in [0.1, 0.15) is 0 Å². The number of carbonyl (C=O) groups excluding carboxylic acids is 1. The average Bonchev–Trinajstić information content (AvgIpc) is 3.24. The van der Waals surface area contributed by atoms with Gasteiger partial charge in [0.25, 0.3) is 5.91 Å². The van der Waals surface area contributed by atoms with E-state index in [2.05, 4.69) is 10.3 Å². The number of hydrogen-bond acceptors (Lipinski definition) is 4. The molecule has 1 amide bonds. The van der Waals surface area contributed by atoms with Gasteiger partial charge in [-0.1, -0.05) is 12.1 Å². The van der Waals surface area contributed by atoms with Gasteiger partial charge >= 0.3 is 0 Å². The number of aryl methyl sites for hydroxylation is 2. The second kappa shape index (κ2) is 5.89. The Balaban J connectivity index is 1.53. The Labute approximate surface area is 147 Å². The quantitative estimate of drug-likeness (QED) is 0.564. The van der Waals surface area contributed by atoms with Crippen LogP contribution in [0.1, 0.15) is 20.1 Å². The molecule has 3 aromatic heterocycles. The van der Waals surface area contributed by atoms with E-state index in [1.54, 1.807) is 11.3 Å². The Morgan fingerprint density at radius 3 is 2.67 bits per heavy atom. The van der Waals surface area contributed by atoms with Gasteiger partial charge in [-0.25, -0.2) is 4.98 Å². The van der Waals surface area contributed by atoms with E-state index < -0.39 is 0 Å². The highest BCUT2D eigenvalue weighted by molar-refractivity contribution is 7.15. The van der Waals surface area contributed by atoms with E-state index >= 15 is 0 Å². The topological polar surface area (TPSA) is 46.4 Å². The normalized spacial score (nSPS) is 11.1. The summed E-state index contributed by atoms with van der Waals surface area (Å²) in [5, 5.41) is 4.96. The zero-order chi connectivity index (χ0) is 16.7. The molecule has 0 spiro atoms. The summed E-state index contributed by atoms with van der Waals surface area (Å²) in [7, 11) is 0. The van der Waals surface area contributed by atoms with Crippen LogP contribution >= 0.6 is 22.7 Å². The minimum absolute atomic E-state index is 0.0635. The number of fused-ring (bicyclic) bond motifs is 1. The lowest BCUT2D eigenvalue weighted by atomic mass is 10.1. The van der Waals surface area contributed by atoms with Crippen LogP contribution in [0.3, 0.4) is 0 Å². The van der Waals surface area contributed by atoms with Crippen molar-refractivity contribution in [2.45, 2.75) is 13.8 Å². The monoisotopic (exact) mass is 353 g/mol. The van der Waals surface area contributed by atoms with Crippen LogP contribution in [0.5, 0.6) is 0 Å². The van der Waals surface area contributed by atoms with Crippen LogP contribution in [0.4, 0.5) is 5.69 Å². The number of imidazole rings is 1. The molecule has 0 radical (unpaired) electrons. The number of thiophene rings is 1. The zero-order valence-corrected chi connectivity index (χ0v) is 14.9. The first kappa shape index (κ1) is 15.1. The molecule has 4 aromatic rings. The first-order valence-corrected chi connectivity index (χ1v) is 9.21. The van der Waals surface area contributed by atoms with Crippen LogP contribution in [-0.4, -0.2) is 15.3 Å². The second-order valence-electron chi connectivity index (χ2n) is 5.60. The third kappa shape index (κ3) is 2.74. The molecular weight excluding hydrogens is 338 g/mol. The summed E-state index contributed by atoms with van der Waals surface area (Å²) in [6, 6.07) is 9.71. The zero-order valence-electron chi connectivity index (χ0n) is 13.2. The van der Waals surface area contributed by atoms with Gasteiger partial charge in [-0.3, -0.25) is 9.20 Å². The van der Waals surface area contributed by atoms with Crippen LogP contribution in [0.2, 0.25) is 0 Å². The molecule has 4 rings (SSSR count). The van der Waals surface area contributed by atoms with Gasteiger partial charge in [-0.15, -0.1) is 22.7 Å². The fourth-order valence-corrected chi connectivity index (χ4v) is 4.10. The number of carbonyl (C=O) groups is 1. The van der Waals surface area contributed by atoms with Gasteiger partial charge in [-0.2, -0.15) is 0 Å². The standard InChI is InChI=1S/C18H15N3OS2/c1-11-9-16(24-12(11)2)17(22)19-14-5-3-13(4-6-14)15-10-21-7-8-23-18(21)20-15/h3-10H,1-2H3,(H,19,22). The van der Waals surface area contributed by atoms with E-state index in [9.17, 15) is 4.79 Å². The molecule has 6 heteroatoms. The molecule has 3 heterocycles. The van der Waals surface area contributed by atoms with Crippen LogP contribution in [-0.2, 0) is 0 Å². The van der Waals surface area contributed by atoms with E-state index in [0.717, 1.165) is 32.3 Å². The highest BCUT2D eigenvalue weighted by Gasteiger charge is 2.11. The molecular formula is C18H15N3OS2. The van der Waals surface area contributed by atoms with Gasteiger partial charge < -0.3 is 5.32 Å². The van der Waals surface area contributed by atoms with Gasteiger partial charge in [0.05, 0.1) is 10.6 Å². The molecule has 0 saturated carbocycles. The van der Waals surface area contributed by atoms with Crippen molar-refractivity contribution in [1.82, 2.24) is 9.38 Å². The Morgan fingerprint density at radius 2 is 2.00 bits per heavy atom. The van der Waals surface area contributed by atoms with E-state index in [-0.39, 0.29) is 5.91 Å². The number of nitrogens with one attached hydrogen (secondary N) is 1. The summed E-state index contributed by atoms with van der Waals surface area (Å²) in [4.78, 5) is 19.8. The van der Waals surface area contributed by atoms with Crippen molar-refractivity contribution in [3.63, 3.8) is 0 Å². The number of hydrogen-bond donors (Lipinski definition) is 1. The van der Waals surface area contributed by atoms with Crippen molar-refractivity contribution in [2.24, 2.45) is 0 Å². The number of benzene rings is 1. The molecule has 0 bridgehead atoms. The molecule has 0 atom stereocenters. The lowest BCUT2D eigenvalue weighted by Crippen LogP contribution is -2.09. The lowest BCUT2D eigenvalue weighted by Gasteiger charge is -2.04. The molecule has 0 unspecified atom stereocenters. The van der Waals surface area contributed by atoms with Crippen molar-refractivity contribution in [3.8, 4) is 11.3 Å². The third-order valence-corrected chi connectivity index (χ3v) is 5.84. The second-order valence-corrected chi connectivity index (χ2v) is 7.73. The van der Waals surface area contributed by atoms with Crippen molar-refractivity contribution in [1.29, 1.82) is 0 Å². The highest BCUT2D eigenvalue weighted by Crippen LogP contribution is 2.24. The van der Waals surface area contributed by atoms with E-state index in [0.29, 0.717) is 0 Å². The molecule has 1 N–H and O–H groups in total. The number of rotatable bonds is 3. The largest absolute Gasteiger partial charge is 0.321 e. The summed E-state index contributed by atoms with van der Waals surface area (Å²) in [5.41, 5.74) is 3.91. The summed E-state index contributed by atoms with van der Waals surface area (Å²) >= 11 is 3.13. The van der Waals surface area contributed by atoms with Crippen molar-refractivity contribution in [2.75, 3.05) is 5.32 Å². The minimum Gasteiger partial charge on any atom is -0.321 e. The first-order valence-electron chi connectivity index (χ1n) is 7.51. The van der Waals surface area contributed by atoms with Crippen molar-refractivity contribution in [3.05, 3.63) is 63.4 Å². The minimum atomic E-state index is -0.0635. The van der Waals surface area contributed by atoms with Crippen molar-refractivity contribution < 1.29 is 4.79 Å². The van der Waals surface area contributed by atoms with Crippen molar-refractivity contribution >= 4 is 39.2 Å². The SMILES string of the molecule is Cc1cc(C(=O)Nc2ccc(-c3cn4ccsc4n3)cc2)sc1C. The van der Waals surface area contributed by atoms with Gasteiger partial charge in [0.2, 0.25) is 0 Å². The van der Waals surface area contributed by atoms with Crippen LogP contribution in [0.25, 0.3) is 16.2 Å². The number of nitrogens with zero attached hydrogens (tertiary/aromatic N) is 2. The Hall–Kier alpha value is -2.44. The van der Waals surface area contributed by atoms with Gasteiger partial charge in [-0.05, 0) is 37.6 Å². The highest BCUT2D eigenvalue weighted by atomic mass is 32.1. The fourth-order valence-electron chi connectivity index (χ4n) is 2.47. The van der Waals surface area contributed by atoms with Crippen LogP contribution in [0, 0.1) is 13.8 Å². The molecule has 0 fully saturated rings. The van der Waals surface area contributed by atoms with Crippen LogP contribution < -0.4 is 5.32 Å². The summed E-state index contributed by atoms with van der Waals surface area (Å²) < 4.78 is 2.01. The molecule has 0 aliphatic rings. The number of thiazole rings is 1. The maximum atomic E-state index is 12.3. The maximum Gasteiger partial charge on any atom is 0.265 e. The third-order valence-electron chi connectivity index (χ3n) is 3.92. The fraction of sp³-hybridized carbons (Fsp3) is 0.111. The summed E-state index contributed by atoms with van der Waals surface area (Å²) in [6.45, 7) is 4.05. The molecule has 0 saturated heterocycles. The predicted octanol–water partition coefficient (Wildman–Crippen LogP) is 4.99. The first-order chi connectivity index (χ1) is 11.6. The maximum absolute atomic E-state index is 12.3. The summed E-state index contributed by atoms with van der Waals surface area (Å²) in [6.07, 6.45) is 4.01. The molecule has 120 valence electrons. The number of amides is 1. The van der Waals surface area contributed by atoms with E-state index in [1.807, 2.05) is 66.4 Å². The average molecular weight is 353 g/mol. The molecule has 4 nitrogen and oxygen atoms in total. The molecule has 24 heavy (non-hydrogen) atoms. The Bertz CT molecular complexity index is 976. The number of aromatic nitrogens is 2. The van der Waals surface area contributed by atoms with E-state index in [1.165, 1.54) is 16.2 Å².